The van der Waals surface area contributed by atoms with Crippen molar-refractivity contribution in [2.24, 2.45) is 0 Å². The summed E-state index contributed by atoms with van der Waals surface area (Å²) < 4.78 is 0. The topological polar surface area (TPSA) is 120 Å². The predicted octanol–water partition coefficient (Wildman–Crippen LogP) is 0.860. The van der Waals surface area contributed by atoms with E-state index in [-0.39, 0.29) is 36.8 Å². The minimum absolute atomic E-state index is 0.0130. The van der Waals surface area contributed by atoms with Gasteiger partial charge in [-0.1, -0.05) is 36.4 Å². The summed E-state index contributed by atoms with van der Waals surface area (Å²) >= 11 is 1.51. The number of carbonyl (C=O) groups is 4. The van der Waals surface area contributed by atoms with Gasteiger partial charge in [0, 0.05) is 31.8 Å². The number of nitrogens with one attached hydrogen (secondary N) is 4. The molecule has 0 spiro atoms. The Bertz CT molecular complexity index is 1140. The summed E-state index contributed by atoms with van der Waals surface area (Å²) in [4.78, 5) is 50.5. The Morgan fingerprint density at radius 2 is 2.00 bits per heavy atom. The zero-order valence-corrected chi connectivity index (χ0v) is 18.7. The van der Waals surface area contributed by atoms with Gasteiger partial charge in [-0.2, -0.15) is 0 Å². The molecule has 2 aromatic rings. The van der Waals surface area contributed by atoms with Crippen LogP contribution in [0.4, 0.5) is 4.79 Å². The Balaban J connectivity index is 1.36. The van der Waals surface area contributed by atoms with Crippen LogP contribution in [-0.2, 0) is 14.4 Å². The molecule has 3 heterocycles. The van der Waals surface area contributed by atoms with E-state index in [9.17, 15) is 19.2 Å². The lowest BCUT2D eigenvalue weighted by Gasteiger charge is -2.30. The molecule has 5 amide bonds. The van der Waals surface area contributed by atoms with Crippen molar-refractivity contribution in [2.45, 2.75) is 29.8 Å². The summed E-state index contributed by atoms with van der Waals surface area (Å²) in [6.45, 7) is 0.954. The molecule has 0 aliphatic carbocycles. The van der Waals surface area contributed by atoms with Crippen molar-refractivity contribution in [2.75, 3.05) is 25.4 Å². The van der Waals surface area contributed by atoms with E-state index in [2.05, 4.69) is 21.3 Å². The van der Waals surface area contributed by atoms with Crippen molar-refractivity contribution >= 4 is 46.3 Å². The molecule has 3 saturated heterocycles. The maximum atomic E-state index is 13.2. The van der Waals surface area contributed by atoms with Gasteiger partial charge in [0.05, 0.1) is 6.04 Å². The highest BCUT2D eigenvalue weighted by Crippen LogP contribution is 2.44. The Morgan fingerprint density at radius 1 is 1.18 bits per heavy atom. The number of carbonyl (C=O) groups excluding carboxylic acids is 4. The summed E-state index contributed by atoms with van der Waals surface area (Å²) in [6, 6.07) is 12.3. The third-order valence-electron chi connectivity index (χ3n) is 6.47. The fraction of sp³-hybridized carbons (Fsp3) is 0.391. The van der Waals surface area contributed by atoms with Crippen molar-refractivity contribution in [3.8, 4) is 0 Å². The normalized spacial score (nSPS) is 24.8. The fourth-order valence-corrected chi connectivity index (χ4v) is 6.12. The highest BCUT2D eigenvalue weighted by atomic mass is 32.2. The van der Waals surface area contributed by atoms with Gasteiger partial charge in [0.25, 0.3) is 5.91 Å². The van der Waals surface area contributed by atoms with E-state index in [1.807, 2.05) is 42.5 Å². The zero-order chi connectivity index (χ0) is 23.0. The highest BCUT2D eigenvalue weighted by molar-refractivity contribution is 8.01. The zero-order valence-electron chi connectivity index (χ0n) is 17.9. The number of thioether (sulfide) groups is 1. The number of amides is 5. The molecular formula is C23H25N5O4S. The first kappa shape index (κ1) is 21.6. The lowest BCUT2D eigenvalue weighted by molar-refractivity contribution is -0.135. The minimum atomic E-state index is -0.849. The quantitative estimate of drug-likeness (QED) is 0.502. The van der Waals surface area contributed by atoms with Crippen LogP contribution in [0, 0.1) is 0 Å². The largest absolute Gasteiger partial charge is 0.351 e. The molecule has 0 bridgehead atoms. The van der Waals surface area contributed by atoms with E-state index in [1.54, 1.807) is 4.90 Å². The average Bonchev–Trinajstić information content (AvgIpc) is 3.53. The minimum Gasteiger partial charge on any atom is -0.351 e. The Hall–Kier alpha value is -3.27. The van der Waals surface area contributed by atoms with Gasteiger partial charge in [-0.15, -0.1) is 11.8 Å². The second kappa shape index (κ2) is 8.58. The molecular weight excluding hydrogens is 442 g/mol. The van der Waals surface area contributed by atoms with E-state index in [4.69, 9.17) is 0 Å². The molecule has 3 fully saturated rings. The Morgan fingerprint density at radius 3 is 2.79 bits per heavy atom. The molecule has 3 atom stereocenters. The molecule has 0 saturated carbocycles. The molecule has 2 unspecified atom stereocenters. The predicted molar refractivity (Wildman–Crippen MR) is 124 cm³/mol. The van der Waals surface area contributed by atoms with Gasteiger partial charge in [0.15, 0.2) is 4.87 Å². The number of urea groups is 1. The molecule has 4 N–H and O–H groups in total. The second-order valence-electron chi connectivity index (χ2n) is 8.46. The van der Waals surface area contributed by atoms with E-state index >= 15 is 0 Å². The molecule has 0 radical (unpaired) electrons. The lowest BCUT2D eigenvalue weighted by atomic mass is 10.0. The molecule has 2 aromatic carbocycles. The molecule has 9 nitrogen and oxygen atoms in total. The summed E-state index contributed by atoms with van der Waals surface area (Å²) in [7, 11) is 0. The molecule has 3 aliphatic heterocycles. The van der Waals surface area contributed by atoms with Gasteiger partial charge in [-0.05, 0) is 28.8 Å². The average molecular weight is 468 g/mol. The number of fused-ring (bicyclic) bond motifs is 2. The van der Waals surface area contributed by atoms with Crippen molar-refractivity contribution < 1.29 is 19.2 Å². The molecule has 33 heavy (non-hydrogen) atoms. The number of hydrogen-bond acceptors (Lipinski definition) is 5. The van der Waals surface area contributed by atoms with Crippen LogP contribution in [0.2, 0.25) is 0 Å². The van der Waals surface area contributed by atoms with Gasteiger partial charge in [-0.25, -0.2) is 4.79 Å². The summed E-state index contributed by atoms with van der Waals surface area (Å²) in [5.41, 5.74) is 0.843. The van der Waals surface area contributed by atoms with Crippen LogP contribution in [0.25, 0.3) is 10.8 Å². The van der Waals surface area contributed by atoms with Crippen LogP contribution in [0.1, 0.15) is 24.4 Å². The molecule has 10 heteroatoms. The molecule has 5 rings (SSSR count). The van der Waals surface area contributed by atoms with Crippen LogP contribution in [0.3, 0.4) is 0 Å². The van der Waals surface area contributed by atoms with E-state index < -0.39 is 17.0 Å². The Labute approximate surface area is 195 Å². The standard InChI is InChI=1S/C23H25N5O4S/c29-19-7-8-23(28(19)9-10-33-23)21(31)24-12-17(26-20(30)18-13-25-22(32)27-18)16-6-5-14-3-1-2-4-15(14)11-16/h1-6,11,17-18H,7-10,12-13H2,(H,24,31)(H,26,30)(H2,25,27,32)/t17?,18-,23?/m0/s1. The third-order valence-corrected chi connectivity index (χ3v) is 7.95. The Kier molecular flexibility index (Phi) is 5.61. The number of rotatable bonds is 6. The van der Waals surface area contributed by atoms with Crippen LogP contribution in [0.15, 0.2) is 42.5 Å². The van der Waals surface area contributed by atoms with Gasteiger partial charge >= 0.3 is 6.03 Å². The van der Waals surface area contributed by atoms with Gasteiger partial charge in [0.2, 0.25) is 11.8 Å². The first-order valence-electron chi connectivity index (χ1n) is 11.0. The second-order valence-corrected chi connectivity index (χ2v) is 9.84. The van der Waals surface area contributed by atoms with Gasteiger partial charge in [0.1, 0.15) is 6.04 Å². The van der Waals surface area contributed by atoms with Gasteiger partial charge in [-0.3, -0.25) is 14.4 Å². The highest BCUT2D eigenvalue weighted by Gasteiger charge is 2.54. The van der Waals surface area contributed by atoms with Crippen LogP contribution in [-0.4, -0.2) is 65.0 Å². The molecule has 172 valence electrons. The number of nitrogens with zero attached hydrogens (tertiary/aromatic N) is 1. The van der Waals surface area contributed by atoms with Crippen molar-refractivity contribution in [3.63, 3.8) is 0 Å². The monoisotopic (exact) mass is 467 g/mol. The van der Waals surface area contributed by atoms with E-state index in [1.165, 1.54) is 11.8 Å². The maximum absolute atomic E-state index is 13.2. The van der Waals surface area contributed by atoms with Crippen molar-refractivity contribution in [1.82, 2.24) is 26.2 Å². The van der Waals surface area contributed by atoms with Crippen LogP contribution < -0.4 is 21.3 Å². The SMILES string of the molecule is O=C1NC[C@@H](C(=O)NC(CNC(=O)C23CCC(=O)N2CCS3)c2ccc3ccccc3c2)N1. The summed E-state index contributed by atoms with van der Waals surface area (Å²) in [5, 5.41) is 13.2. The van der Waals surface area contributed by atoms with Gasteiger partial charge < -0.3 is 26.2 Å². The smallest absolute Gasteiger partial charge is 0.315 e. The summed E-state index contributed by atoms with van der Waals surface area (Å²) in [5.74, 6) is 0.218. The van der Waals surface area contributed by atoms with Crippen molar-refractivity contribution in [3.05, 3.63) is 48.0 Å². The van der Waals surface area contributed by atoms with E-state index in [0.29, 0.717) is 19.4 Å². The van der Waals surface area contributed by atoms with E-state index in [0.717, 1.165) is 22.1 Å². The first-order valence-corrected chi connectivity index (χ1v) is 12.0. The first-order chi connectivity index (χ1) is 16.0. The van der Waals surface area contributed by atoms with Crippen molar-refractivity contribution in [1.29, 1.82) is 0 Å². The maximum Gasteiger partial charge on any atom is 0.315 e. The number of benzene rings is 2. The molecule has 0 aromatic heterocycles. The molecule has 3 aliphatic rings. The number of hydrogen-bond donors (Lipinski definition) is 4. The summed E-state index contributed by atoms with van der Waals surface area (Å²) in [6.07, 6.45) is 0.870. The fourth-order valence-electron chi connectivity index (χ4n) is 4.71. The van der Waals surface area contributed by atoms with Crippen LogP contribution in [0.5, 0.6) is 0 Å². The third kappa shape index (κ3) is 3.99. The van der Waals surface area contributed by atoms with Crippen LogP contribution >= 0.6 is 11.8 Å². The lowest BCUT2D eigenvalue weighted by Crippen LogP contribution is -2.53.